The fourth-order valence-corrected chi connectivity index (χ4v) is 3.86. The molecule has 1 aromatic rings. The number of rotatable bonds is 7. The van der Waals surface area contributed by atoms with Crippen LogP contribution in [0.2, 0.25) is 0 Å². The lowest BCUT2D eigenvalue weighted by Crippen LogP contribution is -2.45. The predicted molar refractivity (Wildman–Crippen MR) is 104 cm³/mol. The third kappa shape index (κ3) is 6.71. The maximum absolute atomic E-state index is 12.3. The molecule has 3 amide bonds. The average Bonchev–Trinajstić information content (AvgIpc) is 2.62. The molecule has 8 heteroatoms. The highest BCUT2D eigenvalue weighted by atomic mass is 32.2. The van der Waals surface area contributed by atoms with Crippen LogP contribution in [0.4, 0.5) is 4.79 Å². The van der Waals surface area contributed by atoms with Crippen LogP contribution in [-0.4, -0.2) is 32.9 Å². The summed E-state index contributed by atoms with van der Waals surface area (Å²) in [7, 11) is -3.92. The molecule has 1 fully saturated rings. The van der Waals surface area contributed by atoms with Gasteiger partial charge in [0.2, 0.25) is 5.91 Å². The van der Waals surface area contributed by atoms with Crippen molar-refractivity contribution in [2.24, 2.45) is 0 Å². The SMILES string of the molecule is C=C(C)C(=O)NCCc1ccc(S(=O)(=O)NC(=O)NC2CCCCC2)cc1. The minimum absolute atomic E-state index is 0.0241. The molecule has 1 saturated carbocycles. The highest BCUT2D eigenvalue weighted by Crippen LogP contribution is 2.17. The number of hydrogen-bond donors (Lipinski definition) is 3. The van der Waals surface area contributed by atoms with Crippen LogP contribution in [0, 0.1) is 0 Å². The van der Waals surface area contributed by atoms with Crippen molar-refractivity contribution in [1.29, 1.82) is 0 Å². The number of carbonyl (C=O) groups excluding carboxylic acids is 2. The Hall–Kier alpha value is -2.35. The van der Waals surface area contributed by atoms with Crippen LogP contribution in [0.1, 0.15) is 44.6 Å². The molecule has 0 heterocycles. The zero-order chi connectivity index (χ0) is 19.9. The summed E-state index contributed by atoms with van der Waals surface area (Å²) >= 11 is 0. The molecule has 1 aliphatic carbocycles. The monoisotopic (exact) mass is 393 g/mol. The highest BCUT2D eigenvalue weighted by Gasteiger charge is 2.21. The normalized spacial score (nSPS) is 15.0. The molecule has 1 aliphatic rings. The van der Waals surface area contributed by atoms with Gasteiger partial charge in [-0.1, -0.05) is 38.0 Å². The van der Waals surface area contributed by atoms with Gasteiger partial charge >= 0.3 is 6.03 Å². The van der Waals surface area contributed by atoms with Crippen LogP contribution in [0.5, 0.6) is 0 Å². The van der Waals surface area contributed by atoms with Crippen molar-refractivity contribution in [2.45, 2.75) is 56.4 Å². The second-order valence-electron chi connectivity index (χ2n) is 6.84. The third-order valence-corrected chi connectivity index (χ3v) is 5.83. The summed E-state index contributed by atoms with van der Waals surface area (Å²) in [6.45, 7) is 5.62. The van der Waals surface area contributed by atoms with Gasteiger partial charge in [0.1, 0.15) is 0 Å². The van der Waals surface area contributed by atoms with E-state index >= 15 is 0 Å². The summed E-state index contributed by atoms with van der Waals surface area (Å²) in [5.74, 6) is -0.206. The van der Waals surface area contributed by atoms with Gasteiger partial charge in [-0.05, 0) is 43.9 Å². The number of sulfonamides is 1. The van der Waals surface area contributed by atoms with Gasteiger partial charge in [-0.2, -0.15) is 0 Å². The van der Waals surface area contributed by atoms with Gasteiger partial charge in [0.05, 0.1) is 4.90 Å². The fourth-order valence-electron chi connectivity index (χ4n) is 2.95. The van der Waals surface area contributed by atoms with E-state index in [4.69, 9.17) is 0 Å². The van der Waals surface area contributed by atoms with Gasteiger partial charge in [-0.15, -0.1) is 0 Å². The molecule has 7 nitrogen and oxygen atoms in total. The fraction of sp³-hybridized carbons (Fsp3) is 0.474. The Labute approximate surface area is 160 Å². The first-order valence-corrected chi connectivity index (χ1v) is 10.6. The molecule has 27 heavy (non-hydrogen) atoms. The molecule has 148 valence electrons. The second-order valence-corrected chi connectivity index (χ2v) is 8.53. The molecule has 2 rings (SSSR count). The summed E-state index contributed by atoms with van der Waals surface area (Å²) in [4.78, 5) is 23.4. The Morgan fingerprint density at radius 2 is 1.74 bits per heavy atom. The van der Waals surface area contributed by atoms with Gasteiger partial charge in [0, 0.05) is 18.2 Å². The van der Waals surface area contributed by atoms with E-state index < -0.39 is 16.1 Å². The Morgan fingerprint density at radius 3 is 2.33 bits per heavy atom. The van der Waals surface area contributed by atoms with Gasteiger partial charge < -0.3 is 10.6 Å². The standard InChI is InChI=1S/C19H27N3O4S/c1-14(2)18(23)20-13-12-15-8-10-17(11-9-15)27(25,26)22-19(24)21-16-6-4-3-5-7-16/h8-11,16H,1,3-7,12-13H2,2H3,(H,20,23)(H2,21,22,24). The largest absolute Gasteiger partial charge is 0.352 e. The number of hydrogen-bond acceptors (Lipinski definition) is 4. The first-order valence-electron chi connectivity index (χ1n) is 9.14. The van der Waals surface area contributed by atoms with Crippen LogP contribution in [0.15, 0.2) is 41.3 Å². The van der Waals surface area contributed by atoms with Crippen molar-refractivity contribution in [1.82, 2.24) is 15.4 Å². The number of nitrogens with one attached hydrogen (secondary N) is 3. The van der Waals surface area contributed by atoms with Crippen LogP contribution in [0.25, 0.3) is 0 Å². The summed E-state index contributed by atoms with van der Waals surface area (Å²) in [6.07, 6.45) is 5.57. The number of amides is 3. The zero-order valence-corrected chi connectivity index (χ0v) is 16.4. The van der Waals surface area contributed by atoms with E-state index in [1.165, 1.54) is 12.1 Å². The number of benzene rings is 1. The molecule has 0 atom stereocenters. The Bertz CT molecular complexity index is 782. The van der Waals surface area contributed by atoms with Gasteiger partial charge in [0.15, 0.2) is 0 Å². The lowest BCUT2D eigenvalue weighted by Gasteiger charge is -2.22. The van der Waals surface area contributed by atoms with Crippen LogP contribution >= 0.6 is 0 Å². The van der Waals surface area contributed by atoms with Crippen LogP contribution in [0.3, 0.4) is 0 Å². The summed E-state index contributed by atoms with van der Waals surface area (Å²) in [5.41, 5.74) is 1.32. The van der Waals surface area contributed by atoms with Crippen molar-refractivity contribution in [3.05, 3.63) is 42.0 Å². The van der Waals surface area contributed by atoms with E-state index in [1.54, 1.807) is 19.1 Å². The Kier molecular flexibility index (Phi) is 7.41. The van der Waals surface area contributed by atoms with E-state index in [0.29, 0.717) is 18.5 Å². The summed E-state index contributed by atoms with van der Waals surface area (Å²) < 4.78 is 26.7. The second kappa shape index (κ2) is 9.55. The number of urea groups is 1. The highest BCUT2D eigenvalue weighted by molar-refractivity contribution is 7.90. The van der Waals surface area contributed by atoms with E-state index in [9.17, 15) is 18.0 Å². The van der Waals surface area contributed by atoms with Crippen molar-refractivity contribution < 1.29 is 18.0 Å². The van der Waals surface area contributed by atoms with E-state index in [2.05, 4.69) is 21.9 Å². The minimum Gasteiger partial charge on any atom is -0.352 e. The smallest absolute Gasteiger partial charge is 0.328 e. The Morgan fingerprint density at radius 1 is 1.11 bits per heavy atom. The molecular formula is C19H27N3O4S. The average molecular weight is 394 g/mol. The molecule has 0 aromatic heterocycles. The van der Waals surface area contributed by atoms with Gasteiger partial charge in [0.25, 0.3) is 10.0 Å². The van der Waals surface area contributed by atoms with E-state index in [1.807, 2.05) is 0 Å². The molecule has 3 N–H and O–H groups in total. The third-order valence-electron chi connectivity index (χ3n) is 4.49. The van der Waals surface area contributed by atoms with E-state index in [0.717, 1.165) is 37.7 Å². The maximum atomic E-state index is 12.3. The molecule has 0 radical (unpaired) electrons. The molecular weight excluding hydrogens is 366 g/mol. The van der Waals surface area contributed by atoms with Crippen molar-refractivity contribution >= 4 is 22.0 Å². The van der Waals surface area contributed by atoms with Crippen LogP contribution in [-0.2, 0) is 21.2 Å². The maximum Gasteiger partial charge on any atom is 0.328 e. The van der Waals surface area contributed by atoms with Crippen molar-refractivity contribution in [3.63, 3.8) is 0 Å². The summed E-state index contributed by atoms with van der Waals surface area (Å²) in [5, 5.41) is 5.45. The van der Waals surface area contributed by atoms with Gasteiger partial charge in [-0.3, -0.25) is 4.79 Å². The molecule has 0 unspecified atom stereocenters. The topological polar surface area (TPSA) is 104 Å². The Balaban J connectivity index is 1.87. The molecule has 0 spiro atoms. The van der Waals surface area contributed by atoms with E-state index in [-0.39, 0.29) is 16.8 Å². The lowest BCUT2D eigenvalue weighted by atomic mass is 9.96. The van der Waals surface area contributed by atoms with Crippen molar-refractivity contribution in [3.8, 4) is 0 Å². The van der Waals surface area contributed by atoms with Crippen LogP contribution < -0.4 is 15.4 Å². The minimum atomic E-state index is -3.92. The molecule has 0 saturated heterocycles. The molecule has 0 bridgehead atoms. The first kappa shape index (κ1) is 21.0. The van der Waals surface area contributed by atoms with Crippen molar-refractivity contribution in [2.75, 3.05) is 6.54 Å². The predicted octanol–water partition coefficient (Wildman–Crippen LogP) is 2.24. The molecule has 0 aliphatic heterocycles. The lowest BCUT2D eigenvalue weighted by molar-refractivity contribution is -0.117. The summed E-state index contributed by atoms with van der Waals surface area (Å²) in [6, 6.07) is 5.58. The quantitative estimate of drug-likeness (QED) is 0.618. The van der Waals surface area contributed by atoms with Gasteiger partial charge in [-0.25, -0.2) is 17.9 Å². The number of carbonyl (C=O) groups is 2. The zero-order valence-electron chi connectivity index (χ0n) is 15.6. The first-order chi connectivity index (χ1) is 12.8. The molecule has 1 aromatic carbocycles.